The molecule has 4 N–H and O–H groups in total. The minimum Gasteiger partial charge on any atom is -0.344 e. The average molecular weight is 306 g/mol. The number of rotatable bonds is 5. The van der Waals surface area contributed by atoms with Crippen molar-refractivity contribution in [2.45, 2.75) is 57.7 Å². The first-order valence-corrected chi connectivity index (χ1v) is 8.22. The summed E-state index contributed by atoms with van der Waals surface area (Å²) in [4.78, 5) is 12.3. The van der Waals surface area contributed by atoms with Crippen LogP contribution in [0.3, 0.4) is 0 Å². The van der Waals surface area contributed by atoms with Crippen molar-refractivity contribution in [1.29, 1.82) is 0 Å². The van der Waals surface area contributed by atoms with Crippen molar-refractivity contribution in [3.63, 3.8) is 0 Å². The number of fused-ring (bicyclic) bond motifs is 1. The van der Waals surface area contributed by atoms with E-state index in [1.165, 1.54) is 0 Å². The van der Waals surface area contributed by atoms with Crippen LogP contribution in [0.1, 0.15) is 50.8 Å². The van der Waals surface area contributed by atoms with Gasteiger partial charge < -0.3 is 20.9 Å². The molecule has 0 unspecified atom stereocenters. The second kappa shape index (κ2) is 5.96. The van der Waals surface area contributed by atoms with Gasteiger partial charge in [-0.1, -0.05) is 13.8 Å². The highest BCUT2D eigenvalue weighted by molar-refractivity contribution is 5.89. The molecule has 1 saturated carbocycles. The maximum atomic E-state index is 12.3. The first-order valence-electron chi connectivity index (χ1n) is 8.22. The van der Waals surface area contributed by atoms with E-state index in [4.69, 9.17) is 5.73 Å². The number of nitrogens with one attached hydrogen (secondary N) is 2. The lowest BCUT2D eigenvalue weighted by Crippen LogP contribution is -2.45. The van der Waals surface area contributed by atoms with Gasteiger partial charge in [-0.05, 0) is 25.2 Å². The van der Waals surface area contributed by atoms with E-state index in [0.29, 0.717) is 5.92 Å². The Morgan fingerprint density at radius 3 is 2.86 bits per heavy atom. The monoisotopic (exact) mass is 306 g/mol. The molecule has 7 nitrogen and oxygen atoms in total. The van der Waals surface area contributed by atoms with Crippen molar-refractivity contribution >= 4 is 5.91 Å². The Kier molecular flexibility index (Phi) is 4.18. The molecule has 1 aliphatic heterocycles. The molecule has 1 amide bonds. The van der Waals surface area contributed by atoms with Crippen LogP contribution in [0, 0.1) is 5.92 Å². The van der Waals surface area contributed by atoms with E-state index >= 15 is 0 Å². The predicted molar refractivity (Wildman–Crippen MR) is 83.1 cm³/mol. The summed E-state index contributed by atoms with van der Waals surface area (Å²) in [7, 11) is 0. The van der Waals surface area contributed by atoms with Crippen LogP contribution in [-0.4, -0.2) is 39.3 Å². The molecular weight excluding hydrogens is 280 g/mol. The third-order valence-electron chi connectivity index (χ3n) is 4.46. The van der Waals surface area contributed by atoms with Crippen LogP contribution in [0.15, 0.2) is 0 Å². The highest BCUT2D eigenvalue weighted by Crippen LogP contribution is 2.33. The maximum Gasteiger partial charge on any atom is 0.240 e. The molecule has 1 aliphatic carbocycles. The number of hydrogen-bond acceptors (Lipinski definition) is 5. The van der Waals surface area contributed by atoms with Crippen molar-refractivity contribution < 1.29 is 4.79 Å². The van der Waals surface area contributed by atoms with Gasteiger partial charge in [0.25, 0.3) is 0 Å². The molecule has 122 valence electrons. The number of nitrogens with zero attached hydrogens (tertiary/aromatic N) is 3. The van der Waals surface area contributed by atoms with Gasteiger partial charge in [0.05, 0.1) is 11.6 Å². The Bertz CT molecular complexity index is 548. The summed E-state index contributed by atoms with van der Waals surface area (Å²) in [6.07, 6.45) is 3.26. The molecule has 0 saturated heterocycles. The Morgan fingerprint density at radius 1 is 1.41 bits per heavy atom. The number of aromatic nitrogens is 3. The van der Waals surface area contributed by atoms with Gasteiger partial charge in [0.15, 0.2) is 5.82 Å². The molecule has 7 heteroatoms. The summed E-state index contributed by atoms with van der Waals surface area (Å²) in [5.41, 5.74) is 5.37. The number of carbonyl (C=O) groups excluding carboxylic acids is 1. The smallest absolute Gasteiger partial charge is 0.240 e. The average Bonchev–Trinajstić information content (AvgIpc) is 3.16. The van der Waals surface area contributed by atoms with Gasteiger partial charge in [-0.2, -0.15) is 0 Å². The second-order valence-electron chi connectivity index (χ2n) is 6.94. The first-order chi connectivity index (χ1) is 10.5. The topological polar surface area (TPSA) is 97.9 Å². The van der Waals surface area contributed by atoms with Gasteiger partial charge in [0.2, 0.25) is 5.91 Å². The van der Waals surface area contributed by atoms with Crippen molar-refractivity contribution in [2.75, 3.05) is 13.1 Å². The number of hydrogen-bond donors (Lipinski definition) is 3. The second-order valence-corrected chi connectivity index (χ2v) is 6.94. The van der Waals surface area contributed by atoms with E-state index < -0.39 is 5.54 Å². The van der Waals surface area contributed by atoms with Crippen LogP contribution < -0.4 is 16.4 Å². The van der Waals surface area contributed by atoms with Crippen molar-refractivity contribution in [3.8, 4) is 0 Å². The van der Waals surface area contributed by atoms with Gasteiger partial charge in [-0.25, -0.2) is 0 Å². The van der Waals surface area contributed by atoms with Gasteiger partial charge in [0, 0.05) is 26.1 Å². The summed E-state index contributed by atoms with van der Waals surface area (Å²) in [5.74, 6) is 2.26. The minimum atomic E-state index is -0.654. The zero-order valence-corrected chi connectivity index (χ0v) is 13.4. The Labute approximate surface area is 131 Å². The van der Waals surface area contributed by atoms with Gasteiger partial charge >= 0.3 is 0 Å². The first kappa shape index (κ1) is 15.4. The third kappa shape index (κ3) is 3.15. The van der Waals surface area contributed by atoms with E-state index in [-0.39, 0.29) is 11.9 Å². The van der Waals surface area contributed by atoms with Crippen LogP contribution in [0.4, 0.5) is 0 Å². The van der Waals surface area contributed by atoms with Crippen LogP contribution in [0.2, 0.25) is 0 Å². The minimum absolute atomic E-state index is 0.0535. The molecule has 1 aromatic rings. The molecule has 2 aliphatic rings. The van der Waals surface area contributed by atoms with E-state index in [1.807, 2.05) is 0 Å². The Balaban J connectivity index is 1.82. The normalized spacial score (nSPS) is 21.1. The van der Waals surface area contributed by atoms with Gasteiger partial charge in [-0.15, -0.1) is 10.2 Å². The fourth-order valence-corrected chi connectivity index (χ4v) is 2.92. The highest BCUT2D eigenvalue weighted by Gasteiger charge is 2.46. The summed E-state index contributed by atoms with van der Waals surface area (Å²) in [6.45, 7) is 6.97. The lowest BCUT2D eigenvalue weighted by Gasteiger charge is -2.22. The summed E-state index contributed by atoms with van der Waals surface area (Å²) in [5, 5.41) is 15.2. The molecule has 0 aromatic carbocycles. The Morgan fingerprint density at radius 2 is 2.18 bits per heavy atom. The van der Waals surface area contributed by atoms with Gasteiger partial charge in [-0.3, -0.25) is 4.79 Å². The fourth-order valence-electron chi connectivity index (χ4n) is 2.92. The quantitative estimate of drug-likeness (QED) is 0.718. The van der Waals surface area contributed by atoms with Crippen LogP contribution in [0.5, 0.6) is 0 Å². The third-order valence-corrected chi connectivity index (χ3v) is 4.46. The zero-order chi connectivity index (χ0) is 15.7. The van der Waals surface area contributed by atoms with E-state index in [2.05, 4.69) is 39.2 Å². The molecule has 3 rings (SSSR count). The summed E-state index contributed by atoms with van der Waals surface area (Å²) >= 11 is 0. The standard InChI is InChI=1S/C15H26N6O/c1-10(2)9-11(18-14(22)15(16)4-5-15)13-20-19-12-3-6-17-7-8-21(12)13/h10-11,17H,3-9,16H2,1-2H3,(H,18,22)/t11-/m1/s1. The van der Waals surface area contributed by atoms with E-state index in [1.54, 1.807) is 0 Å². The highest BCUT2D eigenvalue weighted by atomic mass is 16.2. The molecule has 1 fully saturated rings. The van der Waals surface area contributed by atoms with E-state index in [0.717, 1.165) is 57.0 Å². The van der Waals surface area contributed by atoms with Crippen molar-refractivity contribution in [3.05, 3.63) is 11.6 Å². The summed E-state index contributed by atoms with van der Waals surface area (Å²) < 4.78 is 2.16. The fraction of sp³-hybridized carbons (Fsp3) is 0.800. The van der Waals surface area contributed by atoms with Gasteiger partial charge in [0.1, 0.15) is 5.82 Å². The van der Waals surface area contributed by atoms with Crippen molar-refractivity contribution in [1.82, 2.24) is 25.4 Å². The number of amides is 1. The maximum absolute atomic E-state index is 12.3. The van der Waals surface area contributed by atoms with Crippen molar-refractivity contribution in [2.24, 2.45) is 11.7 Å². The Hall–Kier alpha value is -1.47. The SMILES string of the molecule is CC(C)C[C@@H](NC(=O)C1(N)CC1)c1nnc2n1CCNCC2. The number of nitrogens with two attached hydrogens (primary N) is 1. The lowest BCUT2D eigenvalue weighted by atomic mass is 10.0. The van der Waals surface area contributed by atoms with Crippen LogP contribution >= 0.6 is 0 Å². The molecule has 1 aromatic heterocycles. The van der Waals surface area contributed by atoms with E-state index in [9.17, 15) is 4.79 Å². The van der Waals surface area contributed by atoms with Crippen LogP contribution in [0.25, 0.3) is 0 Å². The summed E-state index contributed by atoms with van der Waals surface area (Å²) in [6, 6.07) is -0.118. The molecule has 22 heavy (non-hydrogen) atoms. The molecule has 0 radical (unpaired) electrons. The molecule has 1 atom stereocenters. The predicted octanol–water partition coefficient (Wildman–Crippen LogP) is 0.119. The molecule has 2 heterocycles. The molecule has 0 spiro atoms. The largest absolute Gasteiger partial charge is 0.344 e. The number of carbonyl (C=O) groups is 1. The lowest BCUT2D eigenvalue weighted by molar-refractivity contribution is -0.124. The zero-order valence-electron chi connectivity index (χ0n) is 13.4. The van der Waals surface area contributed by atoms with Crippen LogP contribution in [-0.2, 0) is 17.8 Å². The molecule has 0 bridgehead atoms. The molecular formula is C15H26N6O.